The van der Waals surface area contributed by atoms with Gasteiger partial charge in [0.25, 0.3) is 5.91 Å². The predicted octanol–water partition coefficient (Wildman–Crippen LogP) is 5.35. The van der Waals surface area contributed by atoms with E-state index in [2.05, 4.69) is 44.8 Å². The summed E-state index contributed by atoms with van der Waals surface area (Å²) >= 11 is 0. The van der Waals surface area contributed by atoms with Gasteiger partial charge in [-0.2, -0.15) is 0 Å². The van der Waals surface area contributed by atoms with E-state index >= 15 is 0 Å². The minimum absolute atomic E-state index is 0.0482. The molecule has 4 nitrogen and oxygen atoms in total. The second-order valence-corrected chi connectivity index (χ2v) is 7.37. The summed E-state index contributed by atoms with van der Waals surface area (Å²) in [7, 11) is 0. The zero-order valence-electron chi connectivity index (χ0n) is 16.7. The topological polar surface area (TPSA) is 47.6 Å². The Labute approximate surface area is 162 Å². The minimum Gasteiger partial charge on any atom is -0.489 e. The van der Waals surface area contributed by atoms with Crippen molar-refractivity contribution in [2.24, 2.45) is 0 Å². The third kappa shape index (κ3) is 6.48. The normalized spacial score (nSPS) is 11.0. The van der Waals surface area contributed by atoms with Gasteiger partial charge in [0.2, 0.25) is 0 Å². The van der Waals surface area contributed by atoms with Crippen LogP contribution >= 0.6 is 0 Å². The monoisotopic (exact) mass is 367 g/mol. The number of ether oxygens (including phenoxy) is 2. The summed E-state index contributed by atoms with van der Waals surface area (Å²) in [5.74, 6) is 1.15. The Balaban J connectivity index is 1.87. The molecule has 0 atom stereocenters. The number of carbonyl (C=O) groups is 1. The van der Waals surface area contributed by atoms with E-state index in [-0.39, 0.29) is 17.9 Å². The van der Waals surface area contributed by atoms with Crippen LogP contribution in [0.25, 0.3) is 0 Å². The number of hydrogen-bond donors (Lipinski definition) is 1. The number of amides is 1. The van der Waals surface area contributed by atoms with Crippen LogP contribution in [-0.2, 0) is 10.2 Å². The summed E-state index contributed by atoms with van der Waals surface area (Å²) in [6.45, 7) is 12.7. The van der Waals surface area contributed by atoms with Crippen LogP contribution in [0.4, 0.5) is 5.69 Å². The Bertz CT molecular complexity index is 778. The maximum Gasteiger partial charge on any atom is 0.262 e. The Morgan fingerprint density at radius 1 is 1.04 bits per heavy atom. The standard InChI is InChI=1S/C23H29NO3/c1-6-23(4,5)18-10-12-20(13-11-18)27-16-22(25)24-19-8-7-9-21(14-19)26-15-17(2)3/h7-14H,2,6,15-16H2,1,3-5H3,(H,24,25). The van der Waals surface area contributed by atoms with E-state index < -0.39 is 0 Å². The molecule has 0 bridgehead atoms. The molecule has 0 aliphatic carbocycles. The van der Waals surface area contributed by atoms with Gasteiger partial charge in [0.15, 0.2) is 6.61 Å². The lowest BCUT2D eigenvalue weighted by Crippen LogP contribution is -2.20. The molecular formula is C23H29NO3. The van der Waals surface area contributed by atoms with Crippen LogP contribution in [-0.4, -0.2) is 19.1 Å². The number of benzene rings is 2. The van der Waals surface area contributed by atoms with E-state index in [0.29, 0.717) is 23.8 Å². The summed E-state index contributed by atoms with van der Waals surface area (Å²) in [4.78, 5) is 12.1. The van der Waals surface area contributed by atoms with Crippen molar-refractivity contribution in [1.29, 1.82) is 0 Å². The highest BCUT2D eigenvalue weighted by atomic mass is 16.5. The minimum atomic E-state index is -0.218. The van der Waals surface area contributed by atoms with E-state index in [1.807, 2.05) is 37.3 Å². The first-order valence-electron chi connectivity index (χ1n) is 9.20. The maximum atomic E-state index is 12.1. The van der Waals surface area contributed by atoms with Gasteiger partial charge in [-0.3, -0.25) is 4.79 Å². The van der Waals surface area contributed by atoms with E-state index in [9.17, 15) is 4.79 Å². The van der Waals surface area contributed by atoms with Gasteiger partial charge in [0.1, 0.15) is 18.1 Å². The number of carbonyl (C=O) groups excluding carboxylic acids is 1. The molecule has 0 aliphatic heterocycles. The first-order valence-corrected chi connectivity index (χ1v) is 9.20. The van der Waals surface area contributed by atoms with Crippen LogP contribution < -0.4 is 14.8 Å². The average molecular weight is 367 g/mol. The van der Waals surface area contributed by atoms with Crippen LogP contribution in [0.2, 0.25) is 0 Å². The second-order valence-electron chi connectivity index (χ2n) is 7.37. The molecule has 0 radical (unpaired) electrons. The molecule has 0 saturated heterocycles. The smallest absolute Gasteiger partial charge is 0.262 e. The number of hydrogen-bond acceptors (Lipinski definition) is 3. The third-order valence-electron chi connectivity index (χ3n) is 4.49. The molecule has 0 aliphatic rings. The lowest BCUT2D eigenvalue weighted by Gasteiger charge is -2.23. The highest BCUT2D eigenvalue weighted by Crippen LogP contribution is 2.28. The molecule has 144 valence electrons. The lowest BCUT2D eigenvalue weighted by atomic mass is 9.82. The molecule has 0 fully saturated rings. The summed E-state index contributed by atoms with van der Waals surface area (Å²) in [6.07, 6.45) is 1.06. The van der Waals surface area contributed by atoms with Gasteiger partial charge in [-0.25, -0.2) is 0 Å². The number of nitrogens with one attached hydrogen (secondary N) is 1. The molecule has 1 amide bonds. The molecule has 27 heavy (non-hydrogen) atoms. The van der Waals surface area contributed by atoms with Gasteiger partial charge < -0.3 is 14.8 Å². The van der Waals surface area contributed by atoms with Crippen molar-refractivity contribution >= 4 is 11.6 Å². The molecule has 2 aromatic carbocycles. The molecule has 4 heteroatoms. The Morgan fingerprint density at radius 2 is 1.70 bits per heavy atom. The largest absolute Gasteiger partial charge is 0.489 e. The van der Waals surface area contributed by atoms with E-state index in [4.69, 9.17) is 9.47 Å². The van der Waals surface area contributed by atoms with Gasteiger partial charge in [-0.1, -0.05) is 45.5 Å². The number of anilines is 1. The van der Waals surface area contributed by atoms with Crippen molar-refractivity contribution in [2.45, 2.75) is 39.5 Å². The molecule has 2 rings (SSSR count). The Hall–Kier alpha value is -2.75. The first kappa shape index (κ1) is 20.6. The van der Waals surface area contributed by atoms with Crippen LogP contribution in [0.15, 0.2) is 60.7 Å². The van der Waals surface area contributed by atoms with E-state index in [0.717, 1.165) is 12.0 Å². The predicted molar refractivity (Wildman–Crippen MR) is 111 cm³/mol. The second kappa shape index (κ2) is 9.26. The number of rotatable bonds is 9. The first-order chi connectivity index (χ1) is 12.8. The van der Waals surface area contributed by atoms with Crippen molar-refractivity contribution in [3.63, 3.8) is 0 Å². The van der Waals surface area contributed by atoms with Crippen molar-refractivity contribution in [1.82, 2.24) is 0 Å². The summed E-state index contributed by atoms with van der Waals surface area (Å²) in [6, 6.07) is 15.2. The van der Waals surface area contributed by atoms with Crippen molar-refractivity contribution < 1.29 is 14.3 Å². The fraction of sp³-hybridized carbons (Fsp3) is 0.348. The summed E-state index contributed by atoms with van der Waals surface area (Å²) in [5, 5.41) is 2.82. The lowest BCUT2D eigenvalue weighted by molar-refractivity contribution is -0.118. The highest BCUT2D eigenvalue weighted by Gasteiger charge is 2.17. The van der Waals surface area contributed by atoms with Gasteiger partial charge in [0, 0.05) is 11.8 Å². The van der Waals surface area contributed by atoms with Crippen LogP contribution in [0.5, 0.6) is 11.5 Å². The maximum absolute atomic E-state index is 12.1. The molecule has 1 N–H and O–H groups in total. The summed E-state index contributed by atoms with van der Waals surface area (Å²) < 4.78 is 11.2. The van der Waals surface area contributed by atoms with E-state index in [1.165, 1.54) is 5.56 Å². The Morgan fingerprint density at radius 3 is 2.33 bits per heavy atom. The van der Waals surface area contributed by atoms with Crippen molar-refractivity contribution in [2.75, 3.05) is 18.5 Å². The van der Waals surface area contributed by atoms with Gasteiger partial charge in [-0.05, 0) is 54.2 Å². The highest BCUT2D eigenvalue weighted by molar-refractivity contribution is 5.92. The fourth-order valence-corrected chi connectivity index (χ4v) is 2.42. The van der Waals surface area contributed by atoms with Crippen molar-refractivity contribution in [3.05, 3.63) is 66.2 Å². The molecule has 0 saturated carbocycles. The van der Waals surface area contributed by atoms with Crippen LogP contribution in [0.3, 0.4) is 0 Å². The van der Waals surface area contributed by atoms with Crippen LogP contribution in [0, 0.1) is 0 Å². The summed E-state index contributed by atoms with van der Waals surface area (Å²) in [5.41, 5.74) is 3.00. The molecule has 0 heterocycles. The SMILES string of the molecule is C=C(C)COc1cccc(NC(=O)COc2ccc(C(C)(C)CC)cc2)c1. The fourth-order valence-electron chi connectivity index (χ4n) is 2.42. The van der Waals surface area contributed by atoms with Crippen molar-refractivity contribution in [3.8, 4) is 11.5 Å². The van der Waals surface area contributed by atoms with Gasteiger partial charge in [-0.15, -0.1) is 0 Å². The molecule has 0 unspecified atom stereocenters. The molecule has 0 aromatic heterocycles. The Kier molecular flexibility index (Phi) is 7.05. The molecule has 0 spiro atoms. The molecule has 2 aromatic rings. The molecular weight excluding hydrogens is 338 g/mol. The van der Waals surface area contributed by atoms with Gasteiger partial charge >= 0.3 is 0 Å². The zero-order valence-corrected chi connectivity index (χ0v) is 16.7. The van der Waals surface area contributed by atoms with Gasteiger partial charge in [0.05, 0.1) is 0 Å². The van der Waals surface area contributed by atoms with E-state index in [1.54, 1.807) is 6.07 Å². The van der Waals surface area contributed by atoms with Crippen LogP contribution in [0.1, 0.15) is 39.7 Å². The average Bonchev–Trinajstić information content (AvgIpc) is 2.65. The third-order valence-corrected chi connectivity index (χ3v) is 4.49. The quantitative estimate of drug-likeness (QED) is 0.608. The zero-order chi connectivity index (χ0) is 19.9.